The van der Waals surface area contributed by atoms with Crippen LogP contribution in [0.5, 0.6) is 0 Å². The second-order valence-corrected chi connectivity index (χ2v) is 5.19. The van der Waals surface area contributed by atoms with Gasteiger partial charge in [0.25, 0.3) is 0 Å². The van der Waals surface area contributed by atoms with E-state index in [0.717, 1.165) is 24.2 Å². The fourth-order valence-electron chi connectivity index (χ4n) is 2.43. The van der Waals surface area contributed by atoms with E-state index in [1.54, 1.807) is 29.3 Å². The summed E-state index contributed by atoms with van der Waals surface area (Å²) in [4.78, 5) is 4.03. The maximum absolute atomic E-state index is 13.1. The van der Waals surface area contributed by atoms with E-state index in [9.17, 15) is 4.39 Å². The van der Waals surface area contributed by atoms with E-state index < -0.39 is 0 Å². The Morgan fingerprint density at radius 2 is 2.05 bits per heavy atom. The van der Waals surface area contributed by atoms with Crippen molar-refractivity contribution in [1.82, 2.24) is 24.6 Å². The zero-order chi connectivity index (χ0) is 15.4. The molecule has 0 aliphatic rings. The van der Waals surface area contributed by atoms with Crippen LogP contribution in [0, 0.1) is 5.82 Å². The minimum Gasteiger partial charge on any atom is -0.336 e. The maximum atomic E-state index is 13.1. The van der Waals surface area contributed by atoms with Gasteiger partial charge in [-0.2, -0.15) is 5.10 Å². The molecule has 114 valence electrons. The zero-order valence-corrected chi connectivity index (χ0v) is 12.4. The van der Waals surface area contributed by atoms with Crippen molar-refractivity contribution < 1.29 is 4.39 Å². The van der Waals surface area contributed by atoms with Crippen molar-refractivity contribution in [2.45, 2.75) is 12.6 Å². The van der Waals surface area contributed by atoms with E-state index in [1.807, 2.05) is 30.2 Å². The minimum absolute atomic E-state index is 0.0159. The largest absolute Gasteiger partial charge is 0.336 e. The molecule has 2 aromatic heterocycles. The molecular weight excluding hydrogens is 281 g/mol. The van der Waals surface area contributed by atoms with Gasteiger partial charge in [-0.3, -0.25) is 4.68 Å². The first-order valence-corrected chi connectivity index (χ1v) is 7.15. The van der Waals surface area contributed by atoms with Gasteiger partial charge < -0.3 is 9.88 Å². The molecule has 0 radical (unpaired) electrons. The number of hydrogen-bond donors (Lipinski definition) is 1. The lowest BCUT2D eigenvalue weighted by Crippen LogP contribution is -2.25. The molecule has 1 atom stereocenters. The van der Waals surface area contributed by atoms with Gasteiger partial charge in [0.15, 0.2) is 0 Å². The molecule has 2 heterocycles. The highest BCUT2D eigenvalue weighted by atomic mass is 19.1. The lowest BCUT2D eigenvalue weighted by molar-refractivity contribution is 0.549. The van der Waals surface area contributed by atoms with Crippen LogP contribution in [0.3, 0.4) is 0 Å². The monoisotopic (exact) mass is 299 g/mol. The number of aromatic nitrogens is 4. The second-order valence-electron chi connectivity index (χ2n) is 5.19. The topological polar surface area (TPSA) is 47.7 Å². The van der Waals surface area contributed by atoms with Crippen molar-refractivity contribution in [1.29, 1.82) is 0 Å². The van der Waals surface area contributed by atoms with Crippen molar-refractivity contribution in [3.63, 3.8) is 0 Å². The predicted molar refractivity (Wildman–Crippen MR) is 81.7 cm³/mol. The molecule has 0 spiro atoms. The summed E-state index contributed by atoms with van der Waals surface area (Å²) in [5.74, 6) is -0.230. The van der Waals surface area contributed by atoms with Crippen molar-refractivity contribution >= 4 is 0 Å². The Balaban J connectivity index is 1.75. The SMILES string of the molecule is Cn1cc(C(NCCn2ccnc2)c2ccc(F)cc2)cn1. The molecule has 5 nitrogen and oxygen atoms in total. The third-order valence-corrected chi connectivity index (χ3v) is 3.54. The first-order valence-electron chi connectivity index (χ1n) is 7.15. The highest BCUT2D eigenvalue weighted by Gasteiger charge is 2.15. The standard InChI is InChI=1S/C16H18FN5/c1-21-11-14(10-20-21)16(13-2-4-15(17)5-3-13)19-7-9-22-8-6-18-12-22/h2-6,8,10-12,16,19H,7,9H2,1H3. The van der Waals surface area contributed by atoms with E-state index >= 15 is 0 Å². The summed E-state index contributed by atoms with van der Waals surface area (Å²) in [5.41, 5.74) is 2.07. The molecule has 0 fully saturated rings. The van der Waals surface area contributed by atoms with Crippen LogP contribution in [0.15, 0.2) is 55.4 Å². The van der Waals surface area contributed by atoms with Gasteiger partial charge in [-0.25, -0.2) is 9.37 Å². The van der Waals surface area contributed by atoms with Crippen LogP contribution in [0.2, 0.25) is 0 Å². The van der Waals surface area contributed by atoms with Gasteiger partial charge >= 0.3 is 0 Å². The van der Waals surface area contributed by atoms with E-state index in [4.69, 9.17) is 0 Å². The average molecular weight is 299 g/mol. The summed E-state index contributed by atoms with van der Waals surface area (Å²) < 4.78 is 16.9. The van der Waals surface area contributed by atoms with Crippen LogP contribution in [0.4, 0.5) is 4.39 Å². The first-order chi connectivity index (χ1) is 10.7. The van der Waals surface area contributed by atoms with E-state index in [-0.39, 0.29) is 11.9 Å². The van der Waals surface area contributed by atoms with E-state index in [1.165, 1.54) is 12.1 Å². The Morgan fingerprint density at radius 1 is 1.23 bits per heavy atom. The van der Waals surface area contributed by atoms with Gasteiger partial charge in [0.1, 0.15) is 5.82 Å². The Morgan fingerprint density at radius 3 is 2.68 bits per heavy atom. The van der Waals surface area contributed by atoms with Crippen molar-refractivity contribution in [2.75, 3.05) is 6.54 Å². The molecule has 1 unspecified atom stereocenters. The number of nitrogens with one attached hydrogen (secondary N) is 1. The van der Waals surface area contributed by atoms with Crippen molar-refractivity contribution in [2.24, 2.45) is 7.05 Å². The maximum Gasteiger partial charge on any atom is 0.123 e. The normalized spacial score (nSPS) is 12.5. The number of imidazole rings is 1. The number of nitrogens with zero attached hydrogens (tertiary/aromatic N) is 4. The molecule has 0 amide bonds. The van der Waals surface area contributed by atoms with Crippen molar-refractivity contribution in [3.05, 3.63) is 72.3 Å². The number of halogens is 1. The van der Waals surface area contributed by atoms with Crippen LogP contribution in [0.1, 0.15) is 17.2 Å². The zero-order valence-electron chi connectivity index (χ0n) is 12.4. The van der Waals surface area contributed by atoms with Gasteiger partial charge in [0.2, 0.25) is 0 Å². The Hall–Kier alpha value is -2.47. The van der Waals surface area contributed by atoms with Gasteiger partial charge in [0, 0.05) is 44.3 Å². The summed E-state index contributed by atoms with van der Waals surface area (Å²) in [6.07, 6.45) is 9.28. The summed E-state index contributed by atoms with van der Waals surface area (Å²) in [7, 11) is 1.89. The van der Waals surface area contributed by atoms with Gasteiger partial charge in [-0.1, -0.05) is 12.1 Å². The number of rotatable bonds is 6. The quantitative estimate of drug-likeness (QED) is 0.758. The fraction of sp³-hybridized carbons (Fsp3) is 0.250. The first kappa shape index (κ1) is 14.5. The molecule has 0 bridgehead atoms. The molecule has 0 aliphatic heterocycles. The molecule has 3 aromatic rings. The van der Waals surface area contributed by atoms with Gasteiger partial charge in [0.05, 0.1) is 18.6 Å². The van der Waals surface area contributed by atoms with Gasteiger partial charge in [-0.05, 0) is 17.7 Å². The highest BCUT2D eigenvalue weighted by Crippen LogP contribution is 2.21. The summed E-state index contributed by atoms with van der Waals surface area (Å²) in [5, 5.41) is 7.72. The number of aryl methyl sites for hydroxylation is 1. The molecule has 0 aliphatic carbocycles. The average Bonchev–Trinajstić information content (AvgIpc) is 3.17. The second kappa shape index (κ2) is 6.53. The van der Waals surface area contributed by atoms with E-state index in [2.05, 4.69) is 15.4 Å². The molecule has 0 saturated heterocycles. The molecule has 6 heteroatoms. The predicted octanol–water partition coefficient (Wildman–Crippen LogP) is 2.13. The highest BCUT2D eigenvalue weighted by molar-refractivity contribution is 5.29. The molecule has 0 saturated carbocycles. The fourth-order valence-corrected chi connectivity index (χ4v) is 2.43. The number of hydrogen-bond acceptors (Lipinski definition) is 3. The Labute approximate surface area is 128 Å². The van der Waals surface area contributed by atoms with Crippen LogP contribution < -0.4 is 5.32 Å². The van der Waals surface area contributed by atoms with E-state index in [0.29, 0.717) is 0 Å². The smallest absolute Gasteiger partial charge is 0.123 e. The third-order valence-electron chi connectivity index (χ3n) is 3.54. The van der Waals surface area contributed by atoms with Gasteiger partial charge in [-0.15, -0.1) is 0 Å². The third kappa shape index (κ3) is 3.40. The Kier molecular flexibility index (Phi) is 4.29. The molecule has 1 N–H and O–H groups in total. The lowest BCUT2D eigenvalue weighted by atomic mass is 10.0. The summed E-state index contributed by atoms with van der Waals surface area (Å²) in [6.45, 7) is 1.59. The van der Waals surface area contributed by atoms with Crippen LogP contribution in [-0.4, -0.2) is 25.9 Å². The Bertz CT molecular complexity index is 702. The van der Waals surface area contributed by atoms with Crippen LogP contribution in [0.25, 0.3) is 0 Å². The summed E-state index contributed by atoms with van der Waals surface area (Å²) >= 11 is 0. The van der Waals surface area contributed by atoms with Crippen LogP contribution in [-0.2, 0) is 13.6 Å². The molecule has 22 heavy (non-hydrogen) atoms. The van der Waals surface area contributed by atoms with Crippen LogP contribution >= 0.6 is 0 Å². The minimum atomic E-state index is -0.230. The molecular formula is C16H18FN5. The molecule has 3 rings (SSSR count). The summed E-state index contributed by atoms with van der Waals surface area (Å²) in [6, 6.07) is 6.55. The molecule has 1 aromatic carbocycles. The lowest BCUT2D eigenvalue weighted by Gasteiger charge is -2.18. The number of benzene rings is 1. The van der Waals surface area contributed by atoms with Crippen molar-refractivity contribution in [3.8, 4) is 0 Å².